The molecule has 19 heavy (non-hydrogen) atoms. The van der Waals surface area contributed by atoms with Crippen LogP contribution in [0.25, 0.3) is 0 Å². The highest BCUT2D eigenvalue weighted by Gasteiger charge is 2.06. The first-order chi connectivity index (χ1) is 9.10. The molecule has 100 valence electrons. The van der Waals surface area contributed by atoms with Crippen molar-refractivity contribution >= 4 is 27.7 Å². The van der Waals surface area contributed by atoms with Crippen molar-refractivity contribution in [2.45, 2.75) is 17.9 Å². The van der Waals surface area contributed by atoms with Crippen LogP contribution in [0.5, 0.6) is 11.5 Å². The number of ether oxygens (including phenoxy) is 1. The summed E-state index contributed by atoms with van der Waals surface area (Å²) in [6.45, 7) is 1.96. The van der Waals surface area contributed by atoms with Crippen molar-refractivity contribution < 1.29 is 4.74 Å². The SMILES string of the molecule is CSc1ccc(Oc2ccc(C(C)N)cc2Br)cc1. The first kappa shape index (κ1) is 14.4. The minimum Gasteiger partial charge on any atom is -0.456 e. The molecule has 2 N–H and O–H groups in total. The van der Waals surface area contributed by atoms with Gasteiger partial charge in [-0.2, -0.15) is 0 Å². The molecule has 2 aromatic carbocycles. The Morgan fingerprint density at radius 1 is 1.16 bits per heavy atom. The van der Waals surface area contributed by atoms with Crippen molar-refractivity contribution in [3.05, 3.63) is 52.5 Å². The summed E-state index contributed by atoms with van der Waals surface area (Å²) >= 11 is 5.23. The number of hydrogen-bond acceptors (Lipinski definition) is 3. The molecular formula is C15H16BrNOS. The lowest BCUT2D eigenvalue weighted by molar-refractivity contribution is 0.479. The maximum absolute atomic E-state index is 5.85. The molecule has 0 aromatic heterocycles. The van der Waals surface area contributed by atoms with Crippen LogP contribution in [0, 0.1) is 0 Å². The second-order valence-corrected chi connectivity index (χ2v) is 5.99. The lowest BCUT2D eigenvalue weighted by Gasteiger charge is -2.11. The van der Waals surface area contributed by atoms with Crippen molar-refractivity contribution in [2.24, 2.45) is 5.73 Å². The lowest BCUT2D eigenvalue weighted by atomic mass is 10.1. The average Bonchev–Trinajstić information content (AvgIpc) is 2.41. The second-order valence-electron chi connectivity index (χ2n) is 4.26. The van der Waals surface area contributed by atoms with Gasteiger partial charge >= 0.3 is 0 Å². The maximum atomic E-state index is 5.85. The van der Waals surface area contributed by atoms with E-state index in [1.54, 1.807) is 11.8 Å². The third-order valence-electron chi connectivity index (χ3n) is 2.77. The standard InChI is InChI=1S/C15H16BrNOS/c1-10(17)11-3-8-15(14(16)9-11)18-12-4-6-13(19-2)7-5-12/h3-10H,17H2,1-2H3. The van der Waals surface area contributed by atoms with Gasteiger partial charge in [-0.1, -0.05) is 6.07 Å². The summed E-state index contributed by atoms with van der Waals surface area (Å²) in [5.74, 6) is 1.62. The molecule has 0 saturated carbocycles. The summed E-state index contributed by atoms with van der Waals surface area (Å²) in [4.78, 5) is 1.22. The quantitative estimate of drug-likeness (QED) is 0.798. The summed E-state index contributed by atoms with van der Waals surface area (Å²) in [6, 6.07) is 14.0. The van der Waals surface area contributed by atoms with Gasteiger partial charge in [0.05, 0.1) is 4.47 Å². The normalized spacial score (nSPS) is 12.2. The van der Waals surface area contributed by atoms with Gasteiger partial charge < -0.3 is 10.5 Å². The number of halogens is 1. The topological polar surface area (TPSA) is 35.2 Å². The number of hydrogen-bond donors (Lipinski definition) is 1. The lowest BCUT2D eigenvalue weighted by Crippen LogP contribution is -2.04. The third kappa shape index (κ3) is 3.75. The Morgan fingerprint density at radius 3 is 2.37 bits per heavy atom. The Bertz CT molecular complexity index is 555. The van der Waals surface area contributed by atoms with E-state index in [-0.39, 0.29) is 6.04 Å². The van der Waals surface area contributed by atoms with Gasteiger partial charge in [-0.3, -0.25) is 0 Å². The first-order valence-electron chi connectivity index (χ1n) is 5.97. The molecule has 2 aromatic rings. The van der Waals surface area contributed by atoms with Gasteiger partial charge in [0.1, 0.15) is 11.5 Å². The molecule has 2 nitrogen and oxygen atoms in total. The summed E-state index contributed by atoms with van der Waals surface area (Å²) < 4.78 is 6.76. The number of nitrogens with two attached hydrogens (primary N) is 1. The zero-order valence-corrected chi connectivity index (χ0v) is 13.3. The average molecular weight is 338 g/mol. The van der Waals surface area contributed by atoms with E-state index in [4.69, 9.17) is 10.5 Å². The van der Waals surface area contributed by atoms with Crippen molar-refractivity contribution in [3.8, 4) is 11.5 Å². The monoisotopic (exact) mass is 337 g/mol. The van der Waals surface area contributed by atoms with Crippen molar-refractivity contribution in [3.63, 3.8) is 0 Å². The third-order valence-corrected chi connectivity index (χ3v) is 4.13. The van der Waals surface area contributed by atoms with Gasteiger partial charge in [-0.05, 0) is 71.1 Å². The van der Waals surface area contributed by atoms with E-state index < -0.39 is 0 Å². The Morgan fingerprint density at radius 2 is 1.84 bits per heavy atom. The zero-order chi connectivity index (χ0) is 13.8. The molecule has 0 aliphatic carbocycles. The first-order valence-corrected chi connectivity index (χ1v) is 7.99. The van der Waals surface area contributed by atoms with Crippen LogP contribution in [0.2, 0.25) is 0 Å². The highest BCUT2D eigenvalue weighted by Crippen LogP contribution is 2.32. The van der Waals surface area contributed by atoms with Crippen molar-refractivity contribution in [2.75, 3.05) is 6.26 Å². The molecule has 1 atom stereocenters. The van der Waals surface area contributed by atoms with Crippen LogP contribution in [0.4, 0.5) is 0 Å². The van der Waals surface area contributed by atoms with Gasteiger partial charge in [-0.25, -0.2) is 0 Å². The molecule has 0 spiro atoms. The van der Waals surface area contributed by atoms with E-state index in [2.05, 4.69) is 22.2 Å². The number of thioether (sulfide) groups is 1. The smallest absolute Gasteiger partial charge is 0.141 e. The fourth-order valence-corrected chi connectivity index (χ4v) is 2.54. The fourth-order valence-electron chi connectivity index (χ4n) is 1.65. The zero-order valence-electron chi connectivity index (χ0n) is 10.9. The molecule has 0 aliphatic heterocycles. The van der Waals surface area contributed by atoms with Crippen molar-refractivity contribution in [1.82, 2.24) is 0 Å². The van der Waals surface area contributed by atoms with Crippen LogP contribution in [0.1, 0.15) is 18.5 Å². The Labute approximate surface area is 126 Å². The number of rotatable bonds is 4. The molecule has 0 heterocycles. The van der Waals surface area contributed by atoms with Crippen LogP contribution in [-0.4, -0.2) is 6.26 Å². The highest BCUT2D eigenvalue weighted by molar-refractivity contribution is 9.10. The minimum absolute atomic E-state index is 0.0196. The molecule has 0 saturated heterocycles. The van der Waals surface area contributed by atoms with Gasteiger partial charge in [0, 0.05) is 10.9 Å². The molecule has 0 amide bonds. The van der Waals surface area contributed by atoms with Gasteiger partial charge in [-0.15, -0.1) is 11.8 Å². The molecule has 0 bridgehead atoms. The highest BCUT2D eigenvalue weighted by atomic mass is 79.9. The molecule has 4 heteroatoms. The second kappa shape index (κ2) is 6.46. The minimum atomic E-state index is 0.0196. The summed E-state index contributed by atoms with van der Waals surface area (Å²) in [5, 5.41) is 0. The van der Waals surface area contributed by atoms with E-state index in [9.17, 15) is 0 Å². The Balaban J connectivity index is 2.18. The van der Waals surface area contributed by atoms with Crippen LogP contribution >= 0.6 is 27.7 Å². The number of benzene rings is 2. The fraction of sp³-hybridized carbons (Fsp3) is 0.200. The molecule has 1 unspecified atom stereocenters. The van der Waals surface area contributed by atoms with E-state index in [0.29, 0.717) is 0 Å². The Hall–Kier alpha value is -0.970. The van der Waals surface area contributed by atoms with Crippen LogP contribution < -0.4 is 10.5 Å². The largest absolute Gasteiger partial charge is 0.456 e. The maximum Gasteiger partial charge on any atom is 0.141 e. The van der Waals surface area contributed by atoms with E-state index in [0.717, 1.165) is 21.5 Å². The molecule has 0 aliphatic rings. The van der Waals surface area contributed by atoms with Gasteiger partial charge in [0.15, 0.2) is 0 Å². The summed E-state index contributed by atoms with van der Waals surface area (Å²) in [6.07, 6.45) is 2.05. The van der Waals surface area contributed by atoms with Crippen molar-refractivity contribution in [1.29, 1.82) is 0 Å². The van der Waals surface area contributed by atoms with Gasteiger partial charge in [0.25, 0.3) is 0 Å². The van der Waals surface area contributed by atoms with Gasteiger partial charge in [0.2, 0.25) is 0 Å². The van der Waals surface area contributed by atoms with Crippen LogP contribution in [-0.2, 0) is 0 Å². The molecular weight excluding hydrogens is 322 g/mol. The summed E-state index contributed by atoms with van der Waals surface area (Å²) in [7, 11) is 0. The molecule has 0 radical (unpaired) electrons. The van der Waals surface area contributed by atoms with Crippen LogP contribution in [0.3, 0.4) is 0 Å². The Kier molecular flexibility index (Phi) is 4.91. The predicted octanol–water partition coefficient (Wildman–Crippen LogP) is 4.98. The molecule has 0 fully saturated rings. The van der Waals surface area contributed by atoms with E-state index in [1.807, 2.05) is 49.4 Å². The van der Waals surface area contributed by atoms with E-state index in [1.165, 1.54) is 4.90 Å². The molecule has 2 rings (SSSR count). The van der Waals surface area contributed by atoms with E-state index >= 15 is 0 Å². The predicted molar refractivity (Wildman–Crippen MR) is 85.0 cm³/mol. The summed E-state index contributed by atoms with van der Waals surface area (Å²) in [5.41, 5.74) is 6.93. The van der Waals surface area contributed by atoms with Crippen LogP contribution in [0.15, 0.2) is 51.8 Å².